The number of amides is 4. The van der Waals surface area contributed by atoms with Crippen LogP contribution in [0.2, 0.25) is 0 Å². The quantitative estimate of drug-likeness (QED) is 0.729. The molecule has 0 spiro atoms. The van der Waals surface area contributed by atoms with Crippen molar-refractivity contribution in [2.45, 2.75) is 52.0 Å². The number of rotatable bonds is 5. The summed E-state index contributed by atoms with van der Waals surface area (Å²) < 4.78 is 0. The van der Waals surface area contributed by atoms with Crippen molar-refractivity contribution in [3.05, 3.63) is 29.3 Å². The molecule has 0 radical (unpaired) electrons. The molecule has 1 unspecified atom stereocenters. The minimum Gasteiger partial charge on any atom is -0.325 e. The molecule has 0 aromatic heterocycles. The van der Waals surface area contributed by atoms with Crippen LogP contribution >= 0.6 is 0 Å². The van der Waals surface area contributed by atoms with E-state index >= 15 is 0 Å². The van der Waals surface area contributed by atoms with Crippen LogP contribution in [0.15, 0.2) is 18.2 Å². The number of benzene rings is 1. The van der Waals surface area contributed by atoms with E-state index in [1.165, 1.54) is 0 Å². The third-order valence-electron chi connectivity index (χ3n) is 3.89. The van der Waals surface area contributed by atoms with Crippen LogP contribution in [0.4, 0.5) is 10.5 Å². The maximum absolute atomic E-state index is 12.3. The van der Waals surface area contributed by atoms with Gasteiger partial charge in [-0.3, -0.25) is 14.9 Å². The third kappa shape index (κ3) is 3.88. The van der Waals surface area contributed by atoms with Crippen LogP contribution in [-0.2, 0) is 9.59 Å². The third-order valence-corrected chi connectivity index (χ3v) is 3.89. The molecule has 1 heterocycles. The molecule has 6 nitrogen and oxygen atoms in total. The number of imide groups is 1. The molecular formula is C17H23N3O3. The number of carbonyl (C=O) groups is 3. The largest absolute Gasteiger partial charge is 0.325 e. The molecule has 1 aliphatic heterocycles. The number of carbonyl (C=O) groups excluding carboxylic acids is 3. The van der Waals surface area contributed by atoms with Gasteiger partial charge in [0.15, 0.2) is 0 Å². The summed E-state index contributed by atoms with van der Waals surface area (Å²) in [4.78, 5) is 35.0. The standard InChI is InChI=1S/C17H23N3O3/c1-9(2)11-6-5-7-12(10(3)4)15(11)19-14(21)8-13-16(22)20-17(23)18-13/h5-7,9-10,13H,8H2,1-4H3,(H,19,21)(H2,18,20,22,23). The van der Waals surface area contributed by atoms with E-state index < -0.39 is 18.0 Å². The first-order chi connectivity index (χ1) is 10.8. The second-order valence-electron chi connectivity index (χ2n) is 6.39. The lowest BCUT2D eigenvalue weighted by molar-refractivity contribution is -0.124. The Morgan fingerprint density at radius 2 is 1.70 bits per heavy atom. The Morgan fingerprint density at radius 3 is 2.13 bits per heavy atom. The molecule has 1 aromatic rings. The minimum atomic E-state index is -0.809. The summed E-state index contributed by atoms with van der Waals surface area (Å²) in [6.07, 6.45) is -0.0818. The molecule has 23 heavy (non-hydrogen) atoms. The van der Waals surface area contributed by atoms with Gasteiger partial charge >= 0.3 is 6.03 Å². The highest BCUT2D eigenvalue weighted by Crippen LogP contribution is 2.32. The first kappa shape index (κ1) is 17.0. The number of hydrogen-bond donors (Lipinski definition) is 3. The maximum atomic E-state index is 12.3. The van der Waals surface area contributed by atoms with Crippen LogP contribution in [0.5, 0.6) is 0 Å². The van der Waals surface area contributed by atoms with Crippen LogP contribution in [0, 0.1) is 0 Å². The van der Waals surface area contributed by atoms with Crippen molar-refractivity contribution in [2.75, 3.05) is 5.32 Å². The van der Waals surface area contributed by atoms with Gasteiger partial charge in [-0.15, -0.1) is 0 Å². The van der Waals surface area contributed by atoms with E-state index in [-0.39, 0.29) is 24.2 Å². The normalized spacial score (nSPS) is 17.4. The summed E-state index contributed by atoms with van der Waals surface area (Å²) in [5, 5.41) is 7.49. The van der Waals surface area contributed by atoms with Gasteiger partial charge in [0.2, 0.25) is 5.91 Å². The zero-order chi connectivity index (χ0) is 17.1. The fourth-order valence-electron chi connectivity index (χ4n) is 2.67. The van der Waals surface area contributed by atoms with Gasteiger partial charge in [0.1, 0.15) is 6.04 Å². The van der Waals surface area contributed by atoms with Gasteiger partial charge < -0.3 is 10.6 Å². The number of hydrogen-bond acceptors (Lipinski definition) is 3. The molecule has 6 heteroatoms. The SMILES string of the molecule is CC(C)c1cccc(C(C)C)c1NC(=O)CC1NC(=O)NC1=O. The summed E-state index contributed by atoms with van der Waals surface area (Å²) >= 11 is 0. The second kappa shape index (κ2) is 6.81. The van der Waals surface area contributed by atoms with E-state index in [4.69, 9.17) is 0 Å². The monoisotopic (exact) mass is 317 g/mol. The minimum absolute atomic E-state index is 0.0818. The van der Waals surface area contributed by atoms with Gasteiger partial charge in [-0.2, -0.15) is 0 Å². The van der Waals surface area contributed by atoms with E-state index in [0.717, 1.165) is 16.8 Å². The van der Waals surface area contributed by atoms with E-state index in [1.807, 2.05) is 18.2 Å². The Labute approximate surface area is 136 Å². The molecule has 1 aliphatic rings. The summed E-state index contributed by atoms with van der Waals surface area (Å²) in [5.74, 6) is -0.231. The first-order valence-electron chi connectivity index (χ1n) is 7.83. The predicted molar refractivity (Wildman–Crippen MR) is 88.3 cm³/mol. The predicted octanol–water partition coefficient (Wildman–Crippen LogP) is 2.47. The molecule has 0 aliphatic carbocycles. The lowest BCUT2D eigenvalue weighted by Crippen LogP contribution is -2.33. The summed E-state index contributed by atoms with van der Waals surface area (Å²) in [6, 6.07) is 4.62. The van der Waals surface area contributed by atoms with Crippen molar-refractivity contribution in [3.63, 3.8) is 0 Å². The highest BCUT2D eigenvalue weighted by Gasteiger charge is 2.31. The highest BCUT2D eigenvalue weighted by atomic mass is 16.2. The molecule has 0 bridgehead atoms. The summed E-state index contributed by atoms with van der Waals surface area (Å²) in [6.45, 7) is 8.28. The first-order valence-corrected chi connectivity index (χ1v) is 7.83. The molecule has 1 saturated heterocycles. The molecule has 1 aromatic carbocycles. The lowest BCUT2D eigenvalue weighted by Gasteiger charge is -2.20. The average molecular weight is 317 g/mol. The van der Waals surface area contributed by atoms with Crippen LogP contribution in [0.3, 0.4) is 0 Å². The second-order valence-corrected chi connectivity index (χ2v) is 6.39. The molecule has 4 amide bonds. The molecule has 124 valence electrons. The Morgan fingerprint density at radius 1 is 1.13 bits per heavy atom. The van der Waals surface area contributed by atoms with Gasteiger partial charge in [-0.1, -0.05) is 45.9 Å². The molecule has 2 rings (SSSR count). The zero-order valence-corrected chi connectivity index (χ0v) is 13.9. The Bertz CT molecular complexity index is 612. The van der Waals surface area contributed by atoms with Gasteiger partial charge in [-0.25, -0.2) is 4.79 Å². The maximum Gasteiger partial charge on any atom is 0.322 e. The topological polar surface area (TPSA) is 87.3 Å². The smallest absolute Gasteiger partial charge is 0.322 e. The molecule has 1 fully saturated rings. The van der Waals surface area contributed by atoms with Crippen LogP contribution in [-0.4, -0.2) is 23.9 Å². The van der Waals surface area contributed by atoms with Gasteiger partial charge in [-0.05, 0) is 23.0 Å². The van der Waals surface area contributed by atoms with E-state index in [9.17, 15) is 14.4 Å². The average Bonchev–Trinajstić information content (AvgIpc) is 2.76. The number of anilines is 1. The molecule has 3 N–H and O–H groups in total. The van der Waals surface area contributed by atoms with E-state index in [2.05, 4.69) is 43.6 Å². The molecule has 0 saturated carbocycles. The fourth-order valence-corrected chi connectivity index (χ4v) is 2.67. The fraction of sp³-hybridized carbons (Fsp3) is 0.471. The number of para-hydroxylation sites is 1. The highest BCUT2D eigenvalue weighted by molar-refractivity contribution is 6.07. The van der Waals surface area contributed by atoms with Crippen molar-refractivity contribution < 1.29 is 14.4 Å². The van der Waals surface area contributed by atoms with Crippen molar-refractivity contribution in [1.29, 1.82) is 0 Å². The van der Waals surface area contributed by atoms with Crippen LogP contribution in [0.1, 0.15) is 57.1 Å². The molecular weight excluding hydrogens is 294 g/mol. The van der Waals surface area contributed by atoms with Gasteiger partial charge in [0, 0.05) is 5.69 Å². The Kier molecular flexibility index (Phi) is 5.03. The van der Waals surface area contributed by atoms with Crippen molar-refractivity contribution in [3.8, 4) is 0 Å². The Hall–Kier alpha value is -2.37. The van der Waals surface area contributed by atoms with Crippen LogP contribution < -0.4 is 16.0 Å². The Balaban J connectivity index is 2.20. The van der Waals surface area contributed by atoms with Crippen LogP contribution in [0.25, 0.3) is 0 Å². The zero-order valence-electron chi connectivity index (χ0n) is 13.9. The summed E-state index contributed by atoms with van der Waals surface area (Å²) in [7, 11) is 0. The van der Waals surface area contributed by atoms with Crippen molar-refractivity contribution in [1.82, 2.24) is 10.6 Å². The van der Waals surface area contributed by atoms with Crippen molar-refractivity contribution >= 4 is 23.5 Å². The lowest BCUT2D eigenvalue weighted by atomic mass is 9.92. The number of urea groups is 1. The van der Waals surface area contributed by atoms with Crippen molar-refractivity contribution in [2.24, 2.45) is 0 Å². The van der Waals surface area contributed by atoms with Gasteiger partial charge in [0.05, 0.1) is 6.42 Å². The van der Waals surface area contributed by atoms with E-state index in [1.54, 1.807) is 0 Å². The van der Waals surface area contributed by atoms with E-state index in [0.29, 0.717) is 0 Å². The number of nitrogens with one attached hydrogen (secondary N) is 3. The van der Waals surface area contributed by atoms with Gasteiger partial charge in [0.25, 0.3) is 5.91 Å². The molecule has 1 atom stereocenters. The summed E-state index contributed by atoms with van der Waals surface area (Å²) in [5.41, 5.74) is 2.93.